The summed E-state index contributed by atoms with van der Waals surface area (Å²) in [6.45, 7) is 1.78. The van der Waals surface area contributed by atoms with Crippen molar-refractivity contribution in [2.75, 3.05) is 11.8 Å². The van der Waals surface area contributed by atoms with Crippen molar-refractivity contribution in [3.05, 3.63) is 74.9 Å². The van der Waals surface area contributed by atoms with Gasteiger partial charge in [0.1, 0.15) is 10.6 Å². The Labute approximate surface area is 188 Å². The first-order chi connectivity index (χ1) is 14.7. The predicted molar refractivity (Wildman–Crippen MR) is 119 cm³/mol. The van der Waals surface area contributed by atoms with Gasteiger partial charge in [-0.2, -0.15) is 0 Å². The third-order valence-electron chi connectivity index (χ3n) is 4.19. The topological polar surface area (TPSA) is 114 Å². The molecule has 1 heterocycles. The number of halogens is 1. The van der Waals surface area contributed by atoms with Gasteiger partial charge in [-0.05, 0) is 54.3 Å². The van der Waals surface area contributed by atoms with E-state index in [1.807, 2.05) is 0 Å². The number of thiophene rings is 1. The molecular formula is C20H18ClN3O5S2. The zero-order valence-electron chi connectivity index (χ0n) is 16.4. The molecule has 0 unspecified atom stereocenters. The number of benzene rings is 2. The number of amides is 2. The number of para-hydroxylation sites is 2. The normalized spacial score (nSPS) is 10.9. The molecule has 3 rings (SSSR count). The van der Waals surface area contributed by atoms with Crippen molar-refractivity contribution in [2.45, 2.75) is 11.8 Å². The van der Waals surface area contributed by atoms with Gasteiger partial charge in [0.15, 0.2) is 0 Å². The molecule has 162 valence electrons. The van der Waals surface area contributed by atoms with Crippen LogP contribution in [0, 0.1) is 6.92 Å². The molecule has 3 aromatic rings. The minimum absolute atomic E-state index is 0.00648. The highest BCUT2D eigenvalue weighted by Gasteiger charge is 2.22. The Morgan fingerprint density at radius 2 is 1.74 bits per heavy atom. The summed E-state index contributed by atoms with van der Waals surface area (Å²) >= 11 is 7.33. The van der Waals surface area contributed by atoms with E-state index in [4.69, 9.17) is 16.3 Å². The summed E-state index contributed by atoms with van der Waals surface area (Å²) in [5.41, 5.74) is 5.57. The van der Waals surface area contributed by atoms with Gasteiger partial charge < -0.3 is 4.74 Å². The SMILES string of the molecule is COc1ccccc1NS(=O)(=O)c1cc(C(=O)NNC(=O)c2sccc2C)ccc1Cl. The average molecular weight is 480 g/mol. The number of methoxy groups -OCH3 is 1. The average Bonchev–Trinajstić information content (AvgIpc) is 3.18. The predicted octanol–water partition coefficient (Wildman–Crippen LogP) is 3.59. The van der Waals surface area contributed by atoms with E-state index in [9.17, 15) is 18.0 Å². The van der Waals surface area contributed by atoms with Gasteiger partial charge in [0.05, 0.1) is 22.7 Å². The van der Waals surface area contributed by atoms with E-state index in [0.717, 1.165) is 11.6 Å². The number of anilines is 1. The minimum atomic E-state index is -4.13. The Kier molecular flexibility index (Phi) is 6.84. The van der Waals surface area contributed by atoms with E-state index in [0.29, 0.717) is 10.6 Å². The van der Waals surface area contributed by atoms with Gasteiger partial charge in [-0.1, -0.05) is 23.7 Å². The second-order valence-corrected chi connectivity index (χ2v) is 9.27. The maximum atomic E-state index is 12.9. The number of ether oxygens (including phenoxy) is 1. The number of carbonyl (C=O) groups excluding carboxylic acids is 2. The molecule has 0 atom stereocenters. The van der Waals surface area contributed by atoms with Crippen molar-refractivity contribution in [1.82, 2.24) is 10.9 Å². The Bertz CT molecular complexity index is 1240. The van der Waals surface area contributed by atoms with Crippen LogP contribution in [-0.4, -0.2) is 27.3 Å². The van der Waals surface area contributed by atoms with Gasteiger partial charge in [-0.3, -0.25) is 25.2 Å². The molecule has 0 radical (unpaired) electrons. The third-order valence-corrected chi connectivity index (χ3v) is 7.05. The van der Waals surface area contributed by atoms with Crippen LogP contribution in [0.4, 0.5) is 5.69 Å². The van der Waals surface area contributed by atoms with E-state index in [2.05, 4.69) is 15.6 Å². The minimum Gasteiger partial charge on any atom is -0.495 e. The molecule has 8 nitrogen and oxygen atoms in total. The summed E-state index contributed by atoms with van der Waals surface area (Å²) in [5.74, 6) is -0.851. The molecule has 0 fully saturated rings. The van der Waals surface area contributed by atoms with Crippen LogP contribution >= 0.6 is 22.9 Å². The lowest BCUT2D eigenvalue weighted by molar-refractivity contribution is 0.0848. The van der Waals surface area contributed by atoms with Crippen molar-refractivity contribution in [3.8, 4) is 5.75 Å². The van der Waals surface area contributed by atoms with Crippen LogP contribution in [0.3, 0.4) is 0 Å². The number of carbonyl (C=O) groups is 2. The van der Waals surface area contributed by atoms with E-state index in [1.54, 1.807) is 36.6 Å². The molecule has 0 aliphatic rings. The first-order valence-electron chi connectivity index (χ1n) is 8.83. The van der Waals surface area contributed by atoms with Gasteiger partial charge in [0, 0.05) is 5.56 Å². The molecule has 0 saturated carbocycles. The van der Waals surface area contributed by atoms with Crippen LogP contribution in [0.5, 0.6) is 5.75 Å². The summed E-state index contributed by atoms with van der Waals surface area (Å²) in [5, 5.41) is 1.69. The molecule has 0 aliphatic heterocycles. The van der Waals surface area contributed by atoms with Gasteiger partial charge in [0.25, 0.3) is 21.8 Å². The lowest BCUT2D eigenvalue weighted by Gasteiger charge is -2.13. The third kappa shape index (κ3) is 5.16. The van der Waals surface area contributed by atoms with Gasteiger partial charge >= 0.3 is 0 Å². The fraction of sp³-hybridized carbons (Fsp3) is 0.100. The molecule has 0 aliphatic carbocycles. The highest BCUT2D eigenvalue weighted by atomic mass is 35.5. The molecule has 3 N–H and O–H groups in total. The number of sulfonamides is 1. The van der Waals surface area contributed by atoms with Gasteiger partial charge in [-0.15, -0.1) is 11.3 Å². The molecule has 0 bridgehead atoms. The molecule has 31 heavy (non-hydrogen) atoms. The van der Waals surface area contributed by atoms with E-state index in [-0.39, 0.29) is 21.2 Å². The van der Waals surface area contributed by atoms with E-state index >= 15 is 0 Å². The monoisotopic (exact) mass is 479 g/mol. The zero-order valence-corrected chi connectivity index (χ0v) is 18.8. The largest absolute Gasteiger partial charge is 0.495 e. The molecule has 1 aromatic heterocycles. The smallest absolute Gasteiger partial charge is 0.280 e. The van der Waals surface area contributed by atoms with Crippen LogP contribution in [0.15, 0.2) is 58.8 Å². The van der Waals surface area contributed by atoms with Crippen molar-refractivity contribution in [1.29, 1.82) is 0 Å². The molecule has 0 spiro atoms. The van der Waals surface area contributed by atoms with Crippen molar-refractivity contribution in [2.24, 2.45) is 0 Å². The van der Waals surface area contributed by atoms with Crippen molar-refractivity contribution in [3.63, 3.8) is 0 Å². The fourth-order valence-electron chi connectivity index (χ4n) is 2.63. The number of hydrazine groups is 1. The summed E-state index contributed by atoms with van der Waals surface area (Å²) < 4.78 is 33.3. The molecule has 2 aromatic carbocycles. The number of hydrogen-bond donors (Lipinski definition) is 3. The number of rotatable bonds is 6. The lowest BCUT2D eigenvalue weighted by atomic mass is 10.2. The maximum absolute atomic E-state index is 12.9. The molecule has 2 amide bonds. The second-order valence-electron chi connectivity index (χ2n) is 6.29. The summed E-state index contributed by atoms with van der Waals surface area (Å²) in [4.78, 5) is 24.8. The summed E-state index contributed by atoms with van der Waals surface area (Å²) in [6, 6.07) is 12.0. The summed E-state index contributed by atoms with van der Waals surface area (Å²) in [6.07, 6.45) is 0. The zero-order chi connectivity index (χ0) is 22.6. The standard InChI is InChI=1S/C20H18ClN3O5S2/c1-12-9-10-30-18(12)20(26)23-22-19(25)13-7-8-14(21)17(11-13)31(27,28)24-15-5-3-4-6-16(15)29-2/h3-11,24H,1-2H3,(H,22,25)(H,23,26). The van der Waals surface area contributed by atoms with E-state index < -0.39 is 21.8 Å². The molecular weight excluding hydrogens is 462 g/mol. The number of hydrogen-bond acceptors (Lipinski definition) is 6. The Balaban J connectivity index is 1.79. The van der Waals surface area contributed by atoms with Crippen LogP contribution in [0.2, 0.25) is 5.02 Å². The Morgan fingerprint density at radius 1 is 1.03 bits per heavy atom. The Hall–Kier alpha value is -3.08. The Morgan fingerprint density at radius 3 is 2.42 bits per heavy atom. The van der Waals surface area contributed by atoms with E-state index in [1.165, 1.54) is 36.6 Å². The van der Waals surface area contributed by atoms with Gasteiger partial charge in [-0.25, -0.2) is 8.42 Å². The fourth-order valence-corrected chi connectivity index (χ4v) is 5.04. The lowest BCUT2D eigenvalue weighted by Crippen LogP contribution is -2.41. The first-order valence-corrected chi connectivity index (χ1v) is 11.6. The highest BCUT2D eigenvalue weighted by Crippen LogP contribution is 2.29. The molecule has 0 saturated heterocycles. The maximum Gasteiger partial charge on any atom is 0.280 e. The van der Waals surface area contributed by atoms with Crippen molar-refractivity contribution < 1.29 is 22.7 Å². The number of nitrogens with one attached hydrogen (secondary N) is 3. The summed E-state index contributed by atoms with van der Waals surface area (Å²) in [7, 11) is -2.72. The van der Waals surface area contributed by atoms with Crippen LogP contribution < -0.4 is 20.3 Å². The highest BCUT2D eigenvalue weighted by molar-refractivity contribution is 7.92. The van der Waals surface area contributed by atoms with Crippen LogP contribution in [0.1, 0.15) is 25.6 Å². The van der Waals surface area contributed by atoms with Crippen LogP contribution in [-0.2, 0) is 10.0 Å². The van der Waals surface area contributed by atoms with Crippen LogP contribution in [0.25, 0.3) is 0 Å². The van der Waals surface area contributed by atoms with Gasteiger partial charge in [0.2, 0.25) is 0 Å². The quantitative estimate of drug-likeness (QED) is 0.467. The second kappa shape index (κ2) is 9.38. The first kappa shape index (κ1) is 22.6. The van der Waals surface area contributed by atoms with Crippen molar-refractivity contribution >= 4 is 50.5 Å². The molecule has 11 heteroatoms. The number of aryl methyl sites for hydroxylation is 1.